The standard InChI is InChI=1S/C15H21N3O/c16-12-13-4-1-2-5-15(13)18-8-3-11-19-14-6-9-17-10-7-14/h1-2,4-5,14,17-18H,3,6-11H2. The van der Waals surface area contributed by atoms with Crippen LogP contribution in [0.5, 0.6) is 0 Å². The Balaban J connectivity index is 1.62. The van der Waals surface area contributed by atoms with E-state index in [9.17, 15) is 0 Å². The van der Waals surface area contributed by atoms with Crippen LogP contribution in [0.15, 0.2) is 24.3 Å². The third-order valence-electron chi connectivity index (χ3n) is 3.32. The summed E-state index contributed by atoms with van der Waals surface area (Å²) in [6.45, 7) is 3.76. The zero-order valence-electron chi connectivity index (χ0n) is 11.2. The van der Waals surface area contributed by atoms with E-state index >= 15 is 0 Å². The summed E-state index contributed by atoms with van der Waals surface area (Å²) in [4.78, 5) is 0. The minimum absolute atomic E-state index is 0.424. The van der Waals surface area contributed by atoms with E-state index in [2.05, 4.69) is 16.7 Å². The van der Waals surface area contributed by atoms with Crippen LogP contribution in [-0.4, -0.2) is 32.3 Å². The van der Waals surface area contributed by atoms with Crippen molar-refractivity contribution in [3.63, 3.8) is 0 Å². The minimum Gasteiger partial charge on any atom is -0.384 e. The first kappa shape index (κ1) is 13.9. The van der Waals surface area contributed by atoms with Crippen LogP contribution in [0.2, 0.25) is 0 Å². The number of hydrogen-bond acceptors (Lipinski definition) is 4. The van der Waals surface area contributed by atoms with Crippen molar-refractivity contribution in [3.05, 3.63) is 29.8 Å². The molecule has 0 aromatic heterocycles. The molecule has 0 unspecified atom stereocenters. The van der Waals surface area contributed by atoms with Gasteiger partial charge >= 0.3 is 0 Å². The van der Waals surface area contributed by atoms with Crippen molar-refractivity contribution >= 4 is 5.69 Å². The van der Waals surface area contributed by atoms with E-state index in [4.69, 9.17) is 10.00 Å². The maximum atomic E-state index is 8.97. The fourth-order valence-electron chi connectivity index (χ4n) is 2.24. The van der Waals surface area contributed by atoms with Crippen molar-refractivity contribution in [1.82, 2.24) is 5.32 Å². The van der Waals surface area contributed by atoms with Gasteiger partial charge in [-0.15, -0.1) is 0 Å². The lowest BCUT2D eigenvalue weighted by molar-refractivity contribution is 0.0329. The summed E-state index contributed by atoms with van der Waals surface area (Å²) in [6, 6.07) is 9.77. The van der Waals surface area contributed by atoms with Crippen LogP contribution in [0, 0.1) is 11.3 Å². The number of rotatable bonds is 6. The SMILES string of the molecule is N#Cc1ccccc1NCCCOC1CCNCC1. The first-order valence-corrected chi connectivity index (χ1v) is 6.95. The summed E-state index contributed by atoms with van der Waals surface area (Å²) in [5.74, 6) is 0. The van der Waals surface area contributed by atoms with E-state index < -0.39 is 0 Å². The van der Waals surface area contributed by atoms with Gasteiger partial charge in [0.15, 0.2) is 0 Å². The predicted molar refractivity (Wildman–Crippen MR) is 76.1 cm³/mol. The lowest BCUT2D eigenvalue weighted by Gasteiger charge is -2.22. The van der Waals surface area contributed by atoms with Crippen LogP contribution < -0.4 is 10.6 Å². The maximum absolute atomic E-state index is 8.97. The Hall–Kier alpha value is -1.57. The Morgan fingerprint density at radius 2 is 2.11 bits per heavy atom. The zero-order chi connectivity index (χ0) is 13.3. The fourth-order valence-corrected chi connectivity index (χ4v) is 2.24. The molecule has 1 heterocycles. The quantitative estimate of drug-likeness (QED) is 0.768. The summed E-state index contributed by atoms with van der Waals surface area (Å²) >= 11 is 0. The van der Waals surface area contributed by atoms with Gasteiger partial charge in [-0.25, -0.2) is 0 Å². The molecule has 0 atom stereocenters. The van der Waals surface area contributed by atoms with Crippen LogP contribution in [0.25, 0.3) is 0 Å². The van der Waals surface area contributed by atoms with Gasteiger partial charge in [-0.05, 0) is 44.5 Å². The fraction of sp³-hybridized carbons (Fsp3) is 0.533. The third-order valence-corrected chi connectivity index (χ3v) is 3.32. The molecule has 1 aliphatic heterocycles. The number of hydrogen-bond donors (Lipinski definition) is 2. The molecule has 0 spiro atoms. The average Bonchev–Trinajstić information content (AvgIpc) is 2.48. The van der Waals surface area contributed by atoms with Gasteiger partial charge in [0, 0.05) is 13.2 Å². The molecule has 1 aliphatic rings. The molecule has 1 saturated heterocycles. The van der Waals surface area contributed by atoms with Gasteiger partial charge in [0.25, 0.3) is 0 Å². The molecule has 102 valence electrons. The monoisotopic (exact) mass is 259 g/mol. The van der Waals surface area contributed by atoms with Crippen molar-refractivity contribution in [1.29, 1.82) is 5.26 Å². The second-order valence-corrected chi connectivity index (χ2v) is 4.76. The highest BCUT2D eigenvalue weighted by Gasteiger charge is 2.12. The average molecular weight is 259 g/mol. The van der Waals surface area contributed by atoms with Gasteiger partial charge in [-0.3, -0.25) is 0 Å². The molecule has 0 radical (unpaired) electrons. The molecule has 0 amide bonds. The van der Waals surface area contributed by atoms with Gasteiger partial charge in [-0.2, -0.15) is 5.26 Å². The van der Waals surface area contributed by atoms with Crippen molar-refractivity contribution in [3.8, 4) is 6.07 Å². The highest BCUT2D eigenvalue weighted by molar-refractivity contribution is 5.56. The van der Waals surface area contributed by atoms with Gasteiger partial charge in [0.2, 0.25) is 0 Å². The lowest BCUT2D eigenvalue weighted by atomic mass is 10.1. The lowest BCUT2D eigenvalue weighted by Crippen LogP contribution is -2.32. The Kier molecular flexibility index (Phi) is 5.67. The second kappa shape index (κ2) is 7.78. The molecule has 4 heteroatoms. The molecule has 0 bridgehead atoms. The molecule has 0 saturated carbocycles. The van der Waals surface area contributed by atoms with E-state index in [1.165, 1.54) is 0 Å². The van der Waals surface area contributed by atoms with E-state index in [1.807, 2.05) is 24.3 Å². The Bertz CT molecular complexity index is 422. The van der Waals surface area contributed by atoms with Crippen LogP contribution in [0.3, 0.4) is 0 Å². The molecule has 19 heavy (non-hydrogen) atoms. The van der Waals surface area contributed by atoms with Gasteiger partial charge in [-0.1, -0.05) is 12.1 Å². The largest absolute Gasteiger partial charge is 0.384 e. The van der Waals surface area contributed by atoms with Crippen molar-refractivity contribution in [2.24, 2.45) is 0 Å². The molecule has 1 aromatic carbocycles. The number of nitrogens with one attached hydrogen (secondary N) is 2. The Morgan fingerprint density at radius 1 is 1.32 bits per heavy atom. The summed E-state index contributed by atoms with van der Waals surface area (Å²) in [7, 11) is 0. The predicted octanol–water partition coefficient (Wildman–Crippen LogP) is 2.13. The van der Waals surface area contributed by atoms with Crippen molar-refractivity contribution in [2.75, 3.05) is 31.6 Å². The summed E-state index contributed by atoms with van der Waals surface area (Å²) in [5, 5.41) is 15.6. The molecule has 1 aromatic rings. The van der Waals surface area contributed by atoms with E-state index in [1.54, 1.807) is 0 Å². The van der Waals surface area contributed by atoms with E-state index in [-0.39, 0.29) is 0 Å². The van der Waals surface area contributed by atoms with Crippen molar-refractivity contribution in [2.45, 2.75) is 25.4 Å². The molecule has 0 aliphatic carbocycles. The molecule has 2 rings (SSSR count). The number of anilines is 1. The Labute approximate surface area is 114 Å². The topological polar surface area (TPSA) is 57.1 Å². The summed E-state index contributed by atoms with van der Waals surface area (Å²) < 4.78 is 5.83. The van der Waals surface area contributed by atoms with Crippen LogP contribution >= 0.6 is 0 Å². The normalized spacial score (nSPS) is 15.9. The van der Waals surface area contributed by atoms with Gasteiger partial charge in [0.05, 0.1) is 17.4 Å². The summed E-state index contributed by atoms with van der Waals surface area (Å²) in [5.41, 5.74) is 1.61. The molecular formula is C15H21N3O. The van der Waals surface area contributed by atoms with E-state index in [0.29, 0.717) is 11.7 Å². The third kappa shape index (κ3) is 4.55. The number of piperidine rings is 1. The molecular weight excluding hydrogens is 238 g/mol. The second-order valence-electron chi connectivity index (χ2n) is 4.76. The molecule has 4 nitrogen and oxygen atoms in total. The number of benzene rings is 1. The smallest absolute Gasteiger partial charge is 0.101 e. The number of nitrogens with zero attached hydrogens (tertiary/aromatic N) is 1. The zero-order valence-corrected chi connectivity index (χ0v) is 11.2. The van der Waals surface area contributed by atoms with Crippen LogP contribution in [-0.2, 0) is 4.74 Å². The highest BCUT2D eigenvalue weighted by atomic mass is 16.5. The minimum atomic E-state index is 0.424. The number of para-hydroxylation sites is 1. The van der Waals surface area contributed by atoms with Crippen molar-refractivity contribution < 1.29 is 4.74 Å². The number of nitriles is 1. The van der Waals surface area contributed by atoms with Crippen LogP contribution in [0.1, 0.15) is 24.8 Å². The summed E-state index contributed by atoms with van der Waals surface area (Å²) in [6.07, 6.45) is 3.62. The Morgan fingerprint density at radius 3 is 2.89 bits per heavy atom. The molecule has 1 fully saturated rings. The highest BCUT2D eigenvalue weighted by Crippen LogP contribution is 2.13. The van der Waals surface area contributed by atoms with Gasteiger partial charge in [0.1, 0.15) is 6.07 Å². The van der Waals surface area contributed by atoms with Crippen LogP contribution in [0.4, 0.5) is 5.69 Å². The number of ether oxygens (including phenoxy) is 1. The molecule has 2 N–H and O–H groups in total. The first-order chi connectivity index (χ1) is 9.40. The maximum Gasteiger partial charge on any atom is 0.101 e. The van der Waals surface area contributed by atoms with E-state index in [0.717, 1.165) is 51.2 Å². The first-order valence-electron chi connectivity index (χ1n) is 6.95. The van der Waals surface area contributed by atoms with Gasteiger partial charge < -0.3 is 15.4 Å².